The lowest BCUT2D eigenvalue weighted by Crippen LogP contribution is -1.98. The second-order valence-corrected chi connectivity index (χ2v) is 5.26. The van der Waals surface area contributed by atoms with Gasteiger partial charge in [-0.25, -0.2) is 0 Å². The van der Waals surface area contributed by atoms with Crippen LogP contribution in [0.5, 0.6) is 11.5 Å². The Hall–Kier alpha value is 0.280. The molecule has 2 nitrogen and oxygen atoms in total. The maximum atomic E-state index is 9.55. The largest absolute Gasteiger partial charge is 0.507 e. The molecule has 0 aliphatic carbocycles. The molecule has 0 fully saturated rings. The Bertz CT molecular complexity index is 313. The lowest BCUT2D eigenvalue weighted by Gasteiger charge is -2.09. The minimum absolute atomic E-state index is 0.295. The molecular weight excluding hydrogens is 406 g/mol. The first-order valence-electron chi connectivity index (χ1n) is 4.46. The summed E-state index contributed by atoms with van der Waals surface area (Å²) in [5, 5.41) is 9.55. The van der Waals surface area contributed by atoms with E-state index in [-0.39, 0.29) is 0 Å². The third-order valence-electron chi connectivity index (χ3n) is 1.74. The number of aromatic hydroxyl groups is 1. The van der Waals surface area contributed by atoms with Crippen LogP contribution >= 0.6 is 45.2 Å². The smallest absolute Gasteiger partial charge is 0.137 e. The van der Waals surface area contributed by atoms with Crippen molar-refractivity contribution >= 4 is 45.2 Å². The second-order valence-electron chi connectivity index (χ2n) is 2.94. The highest BCUT2D eigenvalue weighted by molar-refractivity contribution is 14.1. The Balaban J connectivity index is 2.75. The lowest BCUT2D eigenvalue weighted by molar-refractivity contribution is 0.305. The topological polar surface area (TPSA) is 29.5 Å². The number of rotatable bonds is 4. The summed E-state index contributed by atoms with van der Waals surface area (Å²) in [6.45, 7) is 2.84. The molecule has 0 aromatic heterocycles. The van der Waals surface area contributed by atoms with Gasteiger partial charge < -0.3 is 9.84 Å². The fourth-order valence-electron chi connectivity index (χ4n) is 0.982. The molecule has 1 rings (SSSR count). The predicted octanol–water partition coefficient (Wildman–Crippen LogP) is 3.78. The van der Waals surface area contributed by atoms with Crippen molar-refractivity contribution in [2.75, 3.05) is 6.61 Å². The monoisotopic (exact) mass is 418 g/mol. The van der Waals surface area contributed by atoms with Gasteiger partial charge in [0.2, 0.25) is 0 Å². The van der Waals surface area contributed by atoms with Gasteiger partial charge in [0.25, 0.3) is 0 Å². The highest BCUT2D eigenvalue weighted by Crippen LogP contribution is 2.31. The number of unbranched alkanes of at least 4 members (excludes halogenated alkanes) is 1. The number of halogens is 2. The van der Waals surface area contributed by atoms with Crippen molar-refractivity contribution in [1.29, 1.82) is 0 Å². The van der Waals surface area contributed by atoms with Crippen molar-refractivity contribution in [1.82, 2.24) is 0 Å². The number of ether oxygens (including phenoxy) is 1. The summed E-state index contributed by atoms with van der Waals surface area (Å²) in [5.41, 5.74) is 0. The van der Waals surface area contributed by atoms with E-state index in [4.69, 9.17) is 4.74 Å². The molecule has 0 heterocycles. The van der Waals surface area contributed by atoms with Gasteiger partial charge in [-0.05, 0) is 63.7 Å². The third-order valence-corrected chi connectivity index (χ3v) is 3.45. The van der Waals surface area contributed by atoms with Crippen molar-refractivity contribution in [2.45, 2.75) is 19.8 Å². The fraction of sp³-hybridized carbons (Fsp3) is 0.400. The Morgan fingerprint density at radius 1 is 1.36 bits per heavy atom. The minimum atomic E-state index is 0.295. The predicted molar refractivity (Wildman–Crippen MR) is 73.9 cm³/mol. The first-order chi connectivity index (χ1) is 6.65. The van der Waals surface area contributed by atoms with Crippen molar-refractivity contribution < 1.29 is 9.84 Å². The van der Waals surface area contributed by atoms with Crippen LogP contribution in [-0.2, 0) is 0 Å². The summed E-state index contributed by atoms with van der Waals surface area (Å²) in [4.78, 5) is 0. The van der Waals surface area contributed by atoms with Gasteiger partial charge >= 0.3 is 0 Å². The van der Waals surface area contributed by atoms with Gasteiger partial charge in [-0.15, -0.1) is 0 Å². The molecule has 78 valence electrons. The first-order valence-corrected chi connectivity index (χ1v) is 6.61. The fourth-order valence-corrected chi connectivity index (χ4v) is 2.03. The Morgan fingerprint density at radius 3 is 2.71 bits per heavy atom. The van der Waals surface area contributed by atoms with E-state index in [1.54, 1.807) is 6.07 Å². The third kappa shape index (κ3) is 3.45. The number of benzene rings is 1. The highest BCUT2D eigenvalue weighted by atomic mass is 127. The standard InChI is InChI=1S/C10H12I2O2/c1-2-3-4-14-9-6-7(11)5-8(13)10(9)12/h5-6,13H,2-4H2,1H3. The molecule has 0 saturated carbocycles. The molecule has 0 atom stereocenters. The van der Waals surface area contributed by atoms with Crippen LogP contribution in [-0.4, -0.2) is 11.7 Å². The van der Waals surface area contributed by atoms with Gasteiger partial charge in [0.1, 0.15) is 11.5 Å². The average Bonchev–Trinajstić information content (AvgIpc) is 2.13. The van der Waals surface area contributed by atoms with Crippen molar-refractivity contribution in [2.24, 2.45) is 0 Å². The molecular formula is C10H12I2O2. The molecule has 0 saturated heterocycles. The van der Waals surface area contributed by atoms with Crippen molar-refractivity contribution in [3.05, 3.63) is 19.3 Å². The van der Waals surface area contributed by atoms with Crippen LogP contribution in [0.3, 0.4) is 0 Å². The van der Waals surface area contributed by atoms with Gasteiger partial charge in [0.15, 0.2) is 0 Å². The zero-order valence-corrected chi connectivity index (χ0v) is 12.2. The van der Waals surface area contributed by atoms with E-state index < -0.39 is 0 Å². The minimum Gasteiger partial charge on any atom is -0.507 e. The molecule has 0 unspecified atom stereocenters. The molecule has 0 aliphatic rings. The highest BCUT2D eigenvalue weighted by Gasteiger charge is 2.07. The van der Waals surface area contributed by atoms with Gasteiger partial charge in [-0.3, -0.25) is 0 Å². The summed E-state index contributed by atoms with van der Waals surface area (Å²) in [5.74, 6) is 1.08. The lowest BCUT2D eigenvalue weighted by atomic mass is 10.3. The van der Waals surface area contributed by atoms with E-state index in [0.29, 0.717) is 12.4 Å². The summed E-state index contributed by atoms with van der Waals surface area (Å²) in [6, 6.07) is 3.67. The molecule has 1 aromatic carbocycles. The van der Waals surface area contributed by atoms with E-state index in [1.165, 1.54) is 0 Å². The van der Waals surface area contributed by atoms with Crippen LogP contribution in [0.1, 0.15) is 19.8 Å². The zero-order chi connectivity index (χ0) is 10.6. The molecule has 1 N–H and O–H groups in total. The Kier molecular flexibility index (Phi) is 5.29. The van der Waals surface area contributed by atoms with Gasteiger partial charge in [-0.2, -0.15) is 0 Å². The molecule has 1 aromatic rings. The zero-order valence-electron chi connectivity index (χ0n) is 7.89. The number of phenols is 1. The van der Waals surface area contributed by atoms with E-state index >= 15 is 0 Å². The quantitative estimate of drug-likeness (QED) is 0.596. The summed E-state index contributed by atoms with van der Waals surface area (Å²) in [6.07, 6.45) is 2.16. The molecule has 14 heavy (non-hydrogen) atoms. The van der Waals surface area contributed by atoms with Crippen LogP contribution in [0.2, 0.25) is 0 Å². The molecule has 4 heteroatoms. The van der Waals surface area contributed by atoms with Crippen LogP contribution in [0, 0.1) is 7.14 Å². The Labute approximate surface area is 111 Å². The number of hydrogen-bond acceptors (Lipinski definition) is 2. The summed E-state index contributed by atoms with van der Waals surface area (Å²) < 4.78 is 7.35. The van der Waals surface area contributed by atoms with Crippen molar-refractivity contribution in [3.63, 3.8) is 0 Å². The number of hydrogen-bond donors (Lipinski definition) is 1. The van der Waals surface area contributed by atoms with E-state index in [1.807, 2.05) is 6.07 Å². The van der Waals surface area contributed by atoms with E-state index in [9.17, 15) is 5.11 Å². The normalized spacial score (nSPS) is 10.2. The Morgan fingerprint density at radius 2 is 2.07 bits per heavy atom. The molecule has 0 amide bonds. The summed E-state index contributed by atoms with van der Waals surface area (Å²) in [7, 11) is 0. The molecule has 0 spiro atoms. The average molecular weight is 418 g/mol. The summed E-state index contributed by atoms with van der Waals surface area (Å²) >= 11 is 4.26. The molecule has 0 radical (unpaired) electrons. The second kappa shape index (κ2) is 5.99. The number of phenolic OH excluding ortho intramolecular Hbond substituents is 1. The SMILES string of the molecule is CCCCOc1cc(I)cc(O)c1I. The molecule has 0 bridgehead atoms. The van der Waals surface area contributed by atoms with E-state index in [0.717, 1.165) is 25.7 Å². The maximum Gasteiger partial charge on any atom is 0.137 e. The maximum absolute atomic E-state index is 9.55. The van der Waals surface area contributed by atoms with Crippen LogP contribution in [0.15, 0.2) is 12.1 Å². The van der Waals surface area contributed by atoms with Crippen LogP contribution in [0.25, 0.3) is 0 Å². The van der Waals surface area contributed by atoms with Crippen molar-refractivity contribution in [3.8, 4) is 11.5 Å². The van der Waals surface area contributed by atoms with Gasteiger partial charge in [0.05, 0.1) is 10.2 Å². The first kappa shape index (κ1) is 12.4. The van der Waals surface area contributed by atoms with Crippen LogP contribution < -0.4 is 4.74 Å². The van der Waals surface area contributed by atoms with Crippen LogP contribution in [0.4, 0.5) is 0 Å². The van der Waals surface area contributed by atoms with Gasteiger partial charge in [-0.1, -0.05) is 13.3 Å². The van der Waals surface area contributed by atoms with E-state index in [2.05, 4.69) is 52.1 Å². The molecule has 0 aliphatic heterocycles. The van der Waals surface area contributed by atoms with Gasteiger partial charge in [0, 0.05) is 3.57 Å².